The molecule has 0 saturated heterocycles. The van der Waals surface area contributed by atoms with Gasteiger partial charge in [0.1, 0.15) is 0 Å². The summed E-state index contributed by atoms with van der Waals surface area (Å²) in [4.78, 5) is 0. The Hall–Kier alpha value is -1.01. The lowest BCUT2D eigenvalue weighted by Crippen LogP contribution is -2.32. The van der Waals surface area contributed by atoms with E-state index in [1.54, 1.807) is 0 Å². The summed E-state index contributed by atoms with van der Waals surface area (Å²) in [6.07, 6.45) is 5.69. The van der Waals surface area contributed by atoms with E-state index in [9.17, 15) is 5.26 Å². The van der Waals surface area contributed by atoms with Crippen LogP contribution in [-0.2, 0) is 19.9 Å². The average Bonchev–Trinajstić information content (AvgIpc) is 2.68. The second-order valence-electron chi connectivity index (χ2n) is 6.92. The highest BCUT2D eigenvalue weighted by Gasteiger charge is 2.39. The first kappa shape index (κ1) is 15.4. The highest BCUT2D eigenvalue weighted by Crippen LogP contribution is 2.47. The zero-order valence-electron chi connectivity index (χ0n) is 13.0. The molecule has 1 aromatic heterocycles. The lowest BCUT2D eigenvalue weighted by molar-refractivity contribution is 0.144. The van der Waals surface area contributed by atoms with Crippen LogP contribution in [0, 0.1) is 22.2 Å². The largest absolute Gasteiger partial charge is 0.271 e. The van der Waals surface area contributed by atoms with E-state index in [1.807, 2.05) is 11.7 Å². The monoisotopic (exact) mass is 293 g/mol. The summed E-state index contributed by atoms with van der Waals surface area (Å²) in [7, 11) is 1.93. The molecule has 2 rings (SSSR count). The molecule has 3 nitrogen and oxygen atoms in total. The molecule has 0 aromatic carbocycles. The lowest BCUT2D eigenvalue weighted by Gasteiger charge is -2.39. The minimum Gasteiger partial charge on any atom is -0.271 e. The highest BCUT2D eigenvalue weighted by atomic mass is 35.5. The summed E-state index contributed by atoms with van der Waals surface area (Å²) in [5.74, 6) is 0. The first-order valence-electron chi connectivity index (χ1n) is 7.44. The fourth-order valence-corrected chi connectivity index (χ4v) is 3.43. The Bertz CT molecular complexity index is 527. The normalized spacial score (nSPS) is 20.6. The predicted octanol–water partition coefficient (Wildman–Crippen LogP) is 4.29. The summed E-state index contributed by atoms with van der Waals surface area (Å²) in [5, 5.41) is 14.9. The summed E-state index contributed by atoms with van der Waals surface area (Å²) in [5.41, 5.74) is 2.06. The molecule has 1 heterocycles. The van der Waals surface area contributed by atoms with Crippen molar-refractivity contribution in [1.82, 2.24) is 9.78 Å². The minimum absolute atomic E-state index is 0.266. The number of nitrogens with zero attached hydrogens (tertiary/aromatic N) is 3. The zero-order chi connectivity index (χ0) is 15.0. The maximum absolute atomic E-state index is 9.70. The van der Waals surface area contributed by atoms with Crippen molar-refractivity contribution in [1.29, 1.82) is 5.26 Å². The van der Waals surface area contributed by atoms with E-state index in [0.29, 0.717) is 5.41 Å². The van der Waals surface area contributed by atoms with Gasteiger partial charge < -0.3 is 0 Å². The van der Waals surface area contributed by atoms with Crippen molar-refractivity contribution >= 4 is 11.6 Å². The number of aryl methyl sites for hydroxylation is 2. The van der Waals surface area contributed by atoms with Gasteiger partial charge in [-0.3, -0.25) is 4.68 Å². The Morgan fingerprint density at radius 1 is 1.30 bits per heavy atom. The van der Waals surface area contributed by atoms with Crippen LogP contribution in [-0.4, -0.2) is 9.78 Å². The molecular formula is C16H24ClN3. The van der Waals surface area contributed by atoms with Crippen molar-refractivity contribution in [3.8, 4) is 6.07 Å². The van der Waals surface area contributed by atoms with Crippen molar-refractivity contribution in [2.24, 2.45) is 17.9 Å². The van der Waals surface area contributed by atoms with Crippen LogP contribution in [0.5, 0.6) is 0 Å². The van der Waals surface area contributed by atoms with Crippen LogP contribution in [0.1, 0.15) is 57.8 Å². The first-order valence-corrected chi connectivity index (χ1v) is 7.82. The van der Waals surface area contributed by atoms with Crippen molar-refractivity contribution in [2.45, 2.75) is 59.3 Å². The summed E-state index contributed by atoms with van der Waals surface area (Å²) in [6.45, 7) is 6.64. The van der Waals surface area contributed by atoms with Gasteiger partial charge in [-0.05, 0) is 37.5 Å². The van der Waals surface area contributed by atoms with Gasteiger partial charge in [0.2, 0.25) is 0 Å². The van der Waals surface area contributed by atoms with Gasteiger partial charge in [0.15, 0.2) is 0 Å². The molecule has 20 heavy (non-hydrogen) atoms. The van der Waals surface area contributed by atoms with Crippen LogP contribution < -0.4 is 0 Å². The van der Waals surface area contributed by atoms with Crippen LogP contribution in [0.2, 0.25) is 5.02 Å². The molecule has 0 unspecified atom stereocenters. The van der Waals surface area contributed by atoms with Gasteiger partial charge in [0.25, 0.3) is 0 Å². The molecule has 4 heteroatoms. The van der Waals surface area contributed by atoms with Crippen molar-refractivity contribution in [3.05, 3.63) is 16.4 Å². The average molecular weight is 294 g/mol. The number of rotatable bonds is 3. The van der Waals surface area contributed by atoms with Crippen LogP contribution >= 0.6 is 11.6 Å². The van der Waals surface area contributed by atoms with Gasteiger partial charge in [0, 0.05) is 13.5 Å². The lowest BCUT2D eigenvalue weighted by atomic mass is 9.64. The van der Waals surface area contributed by atoms with Gasteiger partial charge in [-0.15, -0.1) is 0 Å². The topological polar surface area (TPSA) is 41.6 Å². The van der Waals surface area contributed by atoms with E-state index in [1.165, 1.54) is 0 Å². The SMILES string of the molecule is CCc1nn(C)c(CC2(C#N)CCC(C)(C)CC2)c1Cl. The fourth-order valence-electron chi connectivity index (χ4n) is 3.07. The maximum atomic E-state index is 9.70. The number of hydrogen-bond donors (Lipinski definition) is 0. The quantitative estimate of drug-likeness (QED) is 0.834. The van der Waals surface area contributed by atoms with Crippen molar-refractivity contribution in [3.63, 3.8) is 0 Å². The molecule has 0 N–H and O–H groups in total. The van der Waals surface area contributed by atoms with E-state index in [-0.39, 0.29) is 5.41 Å². The van der Waals surface area contributed by atoms with E-state index in [2.05, 4.69) is 31.9 Å². The Kier molecular flexibility index (Phi) is 4.16. The second-order valence-corrected chi connectivity index (χ2v) is 7.30. The van der Waals surface area contributed by atoms with E-state index in [4.69, 9.17) is 11.6 Å². The van der Waals surface area contributed by atoms with E-state index in [0.717, 1.165) is 54.9 Å². The molecule has 1 fully saturated rings. The number of halogens is 1. The summed E-state index contributed by atoms with van der Waals surface area (Å²) >= 11 is 6.43. The molecule has 0 spiro atoms. The van der Waals surface area contributed by atoms with Gasteiger partial charge in [-0.2, -0.15) is 10.4 Å². The molecule has 0 radical (unpaired) electrons. The Balaban J connectivity index is 2.24. The van der Waals surface area contributed by atoms with E-state index >= 15 is 0 Å². The number of aromatic nitrogens is 2. The van der Waals surface area contributed by atoms with Gasteiger partial charge in [-0.1, -0.05) is 32.4 Å². The Morgan fingerprint density at radius 3 is 2.35 bits per heavy atom. The zero-order valence-corrected chi connectivity index (χ0v) is 13.7. The third-order valence-corrected chi connectivity index (χ3v) is 5.24. The molecule has 1 saturated carbocycles. The standard InChI is InChI=1S/C16H24ClN3/c1-5-12-14(17)13(20(4)19-12)10-16(11-18)8-6-15(2,3)7-9-16/h5-10H2,1-4H3. The van der Waals surface area contributed by atoms with Crippen molar-refractivity contribution in [2.75, 3.05) is 0 Å². The predicted molar refractivity (Wildman–Crippen MR) is 81.6 cm³/mol. The summed E-state index contributed by atoms with van der Waals surface area (Å²) < 4.78 is 1.86. The van der Waals surface area contributed by atoms with E-state index < -0.39 is 0 Å². The van der Waals surface area contributed by atoms with Gasteiger partial charge in [-0.25, -0.2) is 0 Å². The Morgan fingerprint density at radius 2 is 1.90 bits per heavy atom. The minimum atomic E-state index is -0.266. The van der Waals surface area contributed by atoms with Gasteiger partial charge >= 0.3 is 0 Å². The number of hydrogen-bond acceptors (Lipinski definition) is 2. The maximum Gasteiger partial charge on any atom is 0.0850 e. The third kappa shape index (κ3) is 2.86. The summed E-state index contributed by atoms with van der Waals surface area (Å²) in [6, 6.07) is 2.59. The fraction of sp³-hybridized carbons (Fsp3) is 0.750. The third-order valence-electron chi connectivity index (χ3n) is 4.81. The molecule has 0 bridgehead atoms. The van der Waals surface area contributed by atoms with Crippen LogP contribution in [0.25, 0.3) is 0 Å². The second kappa shape index (κ2) is 5.41. The molecule has 1 aliphatic rings. The molecular weight excluding hydrogens is 270 g/mol. The highest BCUT2D eigenvalue weighted by molar-refractivity contribution is 6.31. The van der Waals surface area contributed by atoms with Gasteiger partial charge in [0.05, 0.1) is 27.9 Å². The molecule has 0 amide bonds. The van der Waals surface area contributed by atoms with Crippen molar-refractivity contribution < 1.29 is 0 Å². The first-order chi connectivity index (χ1) is 9.32. The molecule has 0 aliphatic heterocycles. The molecule has 1 aromatic rings. The molecule has 0 atom stereocenters. The van der Waals surface area contributed by atoms with Crippen LogP contribution in [0.3, 0.4) is 0 Å². The smallest absolute Gasteiger partial charge is 0.0850 e. The molecule has 1 aliphatic carbocycles. The van der Waals surface area contributed by atoms with Crippen LogP contribution in [0.15, 0.2) is 0 Å². The molecule has 110 valence electrons. The van der Waals surface area contributed by atoms with Crippen LogP contribution in [0.4, 0.5) is 0 Å². The Labute approximate surface area is 126 Å². The number of nitriles is 1.